The molecule has 0 aliphatic carbocycles. The lowest BCUT2D eigenvalue weighted by molar-refractivity contribution is 0.0263. The van der Waals surface area contributed by atoms with Crippen LogP contribution in [0.2, 0.25) is 0 Å². The molecule has 0 aromatic carbocycles. The molecule has 0 bridgehead atoms. The highest BCUT2D eigenvalue weighted by atomic mass is 16.7. The van der Waals surface area contributed by atoms with Gasteiger partial charge in [-0.3, -0.25) is 0 Å². The van der Waals surface area contributed by atoms with Crippen LogP contribution in [0.15, 0.2) is 0 Å². The quantitative estimate of drug-likeness (QED) is 0.394. The molecule has 0 N–H and O–H groups in total. The fourth-order valence-electron chi connectivity index (χ4n) is 1.08. The van der Waals surface area contributed by atoms with Crippen LogP contribution in [0.3, 0.4) is 0 Å². The number of methoxy groups -OCH3 is 1. The summed E-state index contributed by atoms with van der Waals surface area (Å²) in [5, 5.41) is 0. The highest BCUT2D eigenvalue weighted by Crippen LogP contribution is 1.94. The molecule has 0 heterocycles. The van der Waals surface area contributed by atoms with Crippen LogP contribution in [-0.4, -0.2) is 59.5 Å². The molecule has 0 spiro atoms. The van der Waals surface area contributed by atoms with Crippen molar-refractivity contribution in [2.45, 2.75) is 19.8 Å². The summed E-state index contributed by atoms with van der Waals surface area (Å²) in [6.45, 7) is 5.31. The third-order valence-electron chi connectivity index (χ3n) is 1.99. The van der Waals surface area contributed by atoms with Gasteiger partial charge in [0.05, 0.1) is 26.4 Å². The molecular weight excluding hydrogens is 240 g/mol. The first-order valence-corrected chi connectivity index (χ1v) is 6.25. The lowest BCUT2D eigenvalue weighted by Gasteiger charge is -2.06. The number of hydrogen-bond donors (Lipinski definition) is 0. The zero-order valence-electron chi connectivity index (χ0n) is 11.3. The molecule has 18 heavy (non-hydrogen) atoms. The Hall–Kier alpha value is -0.850. The number of ether oxygens (including phenoxy) is 5. The van der Waals surface area contributed by atoms with E-state index in [1.807, 2.05) is 6.92 Å². The van der Waals surface area contributed by atoms with E-state index in [0.29, 0.717) is 39.6 Å². The summed E-state index contributed by atoms with van der Waals surface area (Å²) in [4.78, 5) is 11.0. The Kier molecular flexibility index (Phi) is 13.5. The maximum atomic E-state index is 11.0. The van der Waals surface area contributed by atoms with Crippen molar-refractivity contribution < 1.29 is 28.5 Å². The van der Waals surface area contributed by atoms with Crippen LogP contribution >= 0.6 is 0 Å². The van der Waals surface area contributed by atoms with Crippen LogP contribution in [0.5, 0.6) is 0 Å². The molecule has 0 rings (SSSR count). The third kappa shape index (κ3) is 13.2. The SMILES string of the molecule is CCOCCOC(=O)OCCCCOCCOC. The first-order chi connectivity index (χ1) is 8.81. The minimum absolute atomic E-state index is 0.229. The summed E-state index contributed by atoms with van der Waals surface area (Å²) < 4.78 is 24.7. The standard InChI is InChI=1S/C12H24O6/c1-3-15-10-11-18-12(13)17-7-5-4-6-16-9-8-14-2/h3-11H2,1-2H3. The molecule has 0 aliphatic heterocycles. The number of carbonyl (C=O) groups is 1. The normalized spacial score (nSPS) is 10.3. The molecular formula is C12H24O6. The van der Waals surface area contributed by atoms with Crippen molar-refractivity contribution in [1.82, 2.24) is 0 Å². The second-order valence-corrected chi connectivity index (χ2v) is 3.46. The molecule has 0 saturated heterocycles. The minimum atomic E-state index is -0.644. The predicted molar refractivity (Wildman–Crippen MR) is 65.7 cm³/mol. The van der Waals surface area contributed by atoms with Crippen LogP contribution in [-0.2, 0) is 23.7 Å². The van der Waals surface area contributed by atoms with Crippen molar-refractivity contribution in [1.29, 1.82) is 0 Å². The van der Waals surface area contributed by atoms with Gasteiger partial charge in [-0.25, -0.2) is 4.79 Å². The van der Waals surface area contributed by atoms with Gasteiger partial charge < -0.3 is 23.7 Å². The van der Waals surface area contributed by atoms with Gasteiger partial charge in [0, 0.05) is 20.3 Å². The molecule has 0 fully saturated rings. The Morgan fingerprint density at radius 3 is 2.22 bits per heavy atom. The average Bonchev–Trinajstić information content (AvgIpc) is 2.38. The van der Waals surface area contributed by atoms with Crippen LogP contribution in [0.1, 0.15) is 19.8 Å². The second-order valence-electron chi connectivity index (χ2n) is 3.46. The first kappa shape index (κ1) is 17.2. The van der Waals surface area contributed by atoms with Crippen molar-refractivity contribution in [2.75, 3.05) is 53.4 Å². The molecule has 0 atom stereocenters. The summed E-state index contributed by atoms with van der Waals surface area (Å²) >= 11 is 0. The number of carbonyl (C=O) groups excluding carboxylic acids is 1. The third-order valence-corrected chi connectivity index (χ3v) is 1.99. The fourth-order valence-corrected chi connectivity index (χ4v) is 1.08. The molecule has 0 aromatic rings. The van der Waals surface area contributed by atoms with Crippen LogP contribution in [0, 0.1) is 0 Å². The van der Waals surface area contributed by atoms with Gasteiger partial charge in [0.1, 0.15) is 6.61 Å². The highest BCUT2D eigenvalue weighted by molar-refractivity contribution is 5.59. The Labute approximate surface area is 108 Å². The lowest BCUT2D eigenvalue weighted by Crippen LogP contribution is -2.13. The average molecular weight is 264 g/mol. The molecule has 0 amide bonds. The molecule has 6 nitrogen and oxygen atoms in total. The fraction of sp³-hybridized carbons (Fsp3) is 0.917. The van der Waals surface area contributed by atoms with Crippen molar-refractivity contribution >= 4 is 6.16 Å². The summed E-state index contributed by atoms with van der Waals surface area (Å²) in [6.07, 6.45) is 0.957. The maximum absolute atomic E-state index is 11.0. The minimum Gasteiger partial charge on any atom is -0.434 e. The molecule has 108 valence electrons. The van der Waals surface area contributed by atoms with Crippen LogP contribution in [0.4, 0.5) is 4.79 Å². The summed E-state index contributed by atoms with van der Waals surface area (Å²) in [5.41, 5.74) is 0. The number of rotatable bonds is 12. The Bertz CT molecular complexity index is 185. The van der Waals surface area contributed by atoms with Gasteiger partial charge in [0.15, 0.2) is 0 Å². The van der Waals surface area contributed by atoms with E-state index in [0.717, 1.165) is 12.8 Å². The Morgan fingerprint density at radius 1 is 0.833 bits per heavy atom. The monoisotopic (exact) mass is 264 g/mol. The molecule has 0 radical (unpaired) electrons. The van der Waals surface area contributed by atoms with Gasteiger partial charge in [-0.15, -0.1) is 0 Å². The summed E-state index contributed by atoms with van der Waals surface area (Å²) in [6, 6.07) is 0. The van der Waals surface area contributed by atoms with Crippen molar-refractivity contribution in [3.05, 3.63) is 0 Å². The molecule has 0 aliphatic rings. The zero-order valence-corrected chi connectivity index (χ0v) is 11.3. The smallest absolute Gasteiger partial charge is 0.434 e. The van der Waals surface area contributed by atoms with Crippen molar-refractivity contribution in [3.63, 3.8) is 0 Å². The van der Waals surface area contributed by atoms with E-state index >= 15 is 0 Å². The first-order valence-electron chi connectivity index (χ1n) is 6.25. The second kappa shape index (κ2) is 14.2. The van der Waals surface area contributed by atoms with Gasteiger partial charge in [-0.1, -0.05) is 0 Å². The largest absolute Gasteiger partial charge is 0.508 e. The van der Waals surface area contributed by atoms with Crippen LogP contribution in [0.25, 0.3) is 0 Å². The maximum Gasteiger partial charge on any atom is 0.508 e. The van der Waals surface area contributed by atoms with E-state index in [1.54, 1.807) is 7.11 Å². The van der Waals surface area contributed by atoms with Crippen LogP contribution < -0.4 is 0 Å². The van der Waals surface area contributed by atoms with Gasteiger partial charge in [0.2, 0.25) is 0 Å². The highest BCUT2D eigenvalue weighted by Gasteiger charge is 2.02. The Balaban J connectivity index is 3.10. The van der Waals surface area contributed by atoms with Gasteiger partial charge in [-0.05, 0) is 19.8 Å². The topological polar surface area (TPSA) is 63.2 Å². The summed E-state index contributed by atoms with van der Waals surface area (Å²) in [7, 11) is 1.63. The van der Waals surface area contributed by atoms with E-state index in [2.05, 4.69) is 0 Å². The van der Waals surface area contributed by atoms with E-state index in [-0.39, 0.29) is 6.61 Å². The van der Waals surface area contributed by atoms with Crippen molar-refractivity contribution in [2.24, 2.45) is 0 Å². The summed E-state index contributed by atoms with van der Waals surface area (Å²) in [5.74, 6) is 0. The molecule has 0 unspecified atom stereocenters. The van der Waals surface area contributed by atoms with E-state index in [9.17, 15) is 4.79 Å². The predicted octanol–water partition coefficient (Wildman–Crippen LogP) is 1.62. The van der Waals surface area contributed by atoms with E-state index < -0.39 is 6.16 Å². The molecule has 0 aromatic heterocycles. The number of unbranched alkanes of at least 4 members (excludes halogenated alkanes) is 1. The van der Waals surface area contributed by atoms with E-state index in [1.165, 1.54) is 0 Å². The van der Waals surface area contributed by atoms with Gasteiger partial charge >= 0.3 is 6.16 Å². The van der Waals surface area contributed by atoms with Crippen molar-refractivity contribution in [3.8, 4) is 0 Å². The molecule has 0 saturated carbocycles. The van der Waals surface area contributed by atoms with E-state index in [4.69, 9.17) is 23.7 Å². The van der Waals surface area contributed by atoms with Gasteiger partial charge in [0.25, 0.3) is 0 Å². The molecule has 6 heteroatoms. The van der Waals surface area contributed by atoms with Gasteiger partial charge in [-0.2, -0.15) is 0 Å². The Morgan fingerprint density at radius 2 is 1.50 bits per heavy atom. The number of hydrogen-bond acceptors (Lipinski definition) is 6. The lowest BCUT2D eigenvalue weighted by atomic mass is 10.3. The zero-order chi connectivity index (χ0) is 13.5.